The van der Waals surface area contributed by atoms with Gasteiger partial charge in [-0.3, -0.25) is 4.57 Å². The second-order valence-electron chi connectivity index (χ2n) is 16.2. The van der Waals surface area contributed by atoms with Crippen LogP contribution in [0.25, 0.3) is 0 Å². The monoisotopic (exact) mass is 680 g/mol. The summed E-state index contributed by atoms with van der Waals surface area (Å²) in [6, 6.07) is 2.71. The van der Waals surface area contributed by atoms with E-state index in [9.17, 15) is 26.5 Å². The van der Waals surface area contributed by atoms with Crippen molar-refractivity contribution in [1.82, 2.24) is 0 Å². The molecule has 1 aromatic carbocycles. The Kier molecular flexibility index (Phi) is 11.9. The predicted molar refractivity (Wildman–Crippen MR) is 169 cm³/mol. The summed E-state index contributed by atoms with van der Waals surface area (Å²) in [6.07, 6.45) is 3.54. The Labute approximate surface area is 272 Å². The fraction of sp³-hybridized carbons (Fsp3) is 0.829. The van der Waals surface area contributed by atoms with Crippen molar-refractivity contribution in [2.45, 2.75) is 136 Å². The summed E-state index contributed by atoms with van der Waals surface area (Å²) >= 11 is 0. The van der Waals surface area contributed by atoms with E-state index in [1.165, 1.54) is 31.4 Å². The molecule has 0 spiro atoms. The van der Waals surface area contributed by atoms with Gasteiger partial charge in [0.25, 0.3) is 0 Å². The summed E-state index contributed by atoms with van der Waals surface area (Å²) in [4.78, 5) is 0. The molecule has 264 valence electrons. The Morgan fingerprint density at radius 2 is 1.22 bits per heavy atom. The molecule has 0 aromatic heterocycles. The van der Waals surface area contributed by atoms with Gasteiger partial charge in [0.2, 0.25) is 11.6 Å². The fourth-order valence-electron chi connectivity index (χ4n) is 8.22. The highest BCUT2D eigenvalue weighted by molar-refractivity contribution is 7.53. The number of halogens is 5. The van der Waals surface area contributed by atoms with Crippen molar-refractivity contribution in [1.29, 1.82) is 0 Å². The molecule has 11 heteroatoms. The minimum atomic E-state index is -4.38. The van der Waals surface area contributed by atoms with Crippen molar-refractivity contribution in [3.05, 3.63) is 23.8 Å². The zero-order chi connectivity index (χ0) is 34.0. The van der Waals surface area contributed by atoms with Gasteiger partial charge >= 0.3 is 13.8 Å². The number of hydrogen-bond donors (Lipinski definition) is 0. The fourth-order valence-corrected chi connectivity index (χ4v) is 10.7. The van der Waals surface area contributed by atoms with E-state index in [2.05, 4.69) is 0 Å². The highest BCUT2D eigenvalue weighted by atomic mass is 31.2. The Morgan fingerprint density at radius 1 is 0.761 bits per heavy atom. The molecule has 4 aliphatic carbocycles. The third-order valence-electron chi connectivity index (χ3n) is 9.44. The third kappa shape index (κ3) is 10.8. The van der Waals surface area contributed by atoms with Crippen LogP contribution >= 0.6 is 7.60 Å². The van der Waals surface area contributed by atoms with E-state index in [0.29, 0.717) is 6.61 Å². The van der Waals surface area contributed by atoms with Crippen molar-refractivity contribution < 1.29 is 45.0 Å². The maximum atomic E-state index is 14.9. The number of hydrogen-bond acceptors (Lipinski definition) is 5. The summed E-state index contributed by atoms with van der Waals surface area (Å²) in [5.41, 5.74) is -1.39. The molecule has 0 heterocycles. The lowest BCUT2D eigenvalue weighted by atomic mass is 9.50. The predicted octanol–water partition coefficient (Wildman–Crippen LogP) is 11.3. The van der Waals surface area contributed by atoms with Crippen molar-refractivity contribution in [2.24, 2.45) is 29.1 Å². The van der Waals surface area contributed by atoms with Crippen LogP contribution in [0.15, 0.2) is 12.1 Å². The zero-order valence-corrected chi connectivity index (χ0v) is 29.3. The van der Waals surface area contributed by atoms with Crippen LogP contribution in [0.3, 0.4) is 0 Å². The van der Waals surface area contributed by atoms with Gasteiger partial charge in [-0.25, -0.2) is 0 Å². The van der Waals surface area contributed by atoms with E-state index in [1.54, 1.807) is 41.5 Å². The van der Waals surface area contributed by atoms with Gasteiger partial charge in [0.1, 0.15) is 0 Å². The summed E-state index contributed by atoms with van der Waals surface area (Å²) in [7, 11) is -3.51. The van der Waals surface area contributed by atoms with Crippen molar-refractivity contribution in [2.75, 3.05) is 19.4 Å². The topological polar surface area (TPSA) is 54.0 Å². The van der Waals surface area contributed by atoms with Crippen LogP contribution in [0.4, 0.5) is 22.0 Å². The molecule has 0 unspecified atom stereocenters. The molecule has 4 bridgehead atoms. The van der Waals surface area contributed by atoms with Gasteiger partial charge in [-0.1, -0.05) is 6.42 Å². The minimum absolute atomic E-state index is 0.0358. The van der Waals surface area contributed by atoms with E-state index < -0.39 is 42.5 Å². The van der Waals surface area contributed by atoms with Crippen LogP contribution in [-0.4, -0.2) is 36.8 Å². The molecule has 4 saturated carbocycles. The first-order chi connectivity index (χ1) is 21.2. The summed E-state index contributed by atoms with van der Waals surface area (Å²) in [5.74, 6) is -1.98. The van der Waals surface area contributed by atoms with Crippen LogP contribution in [-0.2, 0) is 13.6 Å². The first-order valence-electron chi connectivity index (χ1n) is 17.1. The van der Waals surface area contributed by atoms with E-state index in [0.717, 1.165) is 37.0 Å². The molecule has 5 nitrogen and oxygen atoms in total. The quantitative estimate of drug-likeness (QED) is 0.0988. The van der Waals surface area contributed by atoms with E-state index >= 15 is 0 Å². The summed E-state index contributed by atoms with van der Waals surface area (Å²) < 4.78 is 107. The second-order valence-corrected chi connectivity index (χ2v) is 18.3. The smallest absolute Gasteiger partial charge is 0.391 e. The van der Waals surface area contributed by atoms with Crippen LogP contribution in [0, 0.1) is 40.7 Å². The first kappa shape index (κ1) is 37.4. The Hall–Kier alpha value is -1.38. The van der Waals surface area contributed by atoms with Crippen molar-refractivity contribution >= 4 is 7.60 Å². The SMILES string of the molecule is CC(C)(C)OP(=O)(CCCC[C@H](CCCCOc1ccc(OCC23CC4CC(CC(C4)C2)C3)c(F)c1F)C(F)(F)F)OC(C)(C)C. The van der Waals surface area contributed by atoms with Crippen LogP contribution in [0.2, 0.25) is 0 Å². The van der Waals surface area contributed by atoms with Gasteiger partial charge in [-0.05, 0) is 142 Å². The number of unbranched alkanes of at least 4 members (excludes halogenated alkanes) is 2. The highest BCUT2D eigenvalue weighted by Crippen LogP contribution is 2.60. The molecule has 0 saturated heterocycles. The van der Waals surface area contributed by atoms with Gasteiger partial charge < -0.3 is 18.5 Å². The van der Waals surface area contributed by atoms with Gasteiger partial charge in [0.05, 0.1) is 36.5 Å². The average molecular weight is 681 g/mol. The minimum Gasteiger partial charge on any atom is -0.490 e. The molecule has 4 aliphatic rings. The molecule has 0 aliphatic heterocycles. The van der Waals surface area contributed by atoms with Gasteiger partial charge in [-0.15, -0.1) is 0 Å². The highest BCUT2D eigenvalue weighted by Gasteiger charge is 2.51. The lowest BCUT2D eigenvalue weighted by Gasteiger charge is -2.56. The number of alkyl halides is 3. The molecular weight excluding hydrogens is 626 g/mol. The van der Waals surface area contributed by atoms with Gasteiger partial charge in [-0.2, -0.15) is 22.0 Å². The third-order valence-corrected chi connectivity index (χ3v) is 12.0. The lowest BCUT2D eigenvalue weighted by Crippen LogP contribution is -2.48. The molecule has 0 amide bonds. The Bertz CT molecular complexity index is 1150. The Balaban J connectivity index is 1.20. The van der Waals surface area contributed by atoms with Crippen LogP contribution < -0.4 is 9.47 Å². The summed E-state index contributed by atoms with van der Waals surface area (Å²) in [5, 5.41) is 0. The molecule has 4 fully saturated rings. The molecule has 46 heavy (non-hydrogen) atoms. The molecule has 0 N–H and O–H groups in total. The number of benzene rings is 1. The Morgan fingerprint density at radius 3 is 1.67 bits per heavy atom. The summed E-state index contributed by atoms with van der Waals surface area (Å²) in [6.45, 7) is 10.9. The average Bonchev–Trinajstić information content (AvgIpc) is 2.87. The molecular formula is C35H54F5O5P. The molecule has 5 rings (SSSR count). The van der Waals surface area contributed by atoms with E-state index in [-0.39, 0.29) is 68.2 Å². The molecule has 1 aromatic rings. The molecule has 1 atom stereocenters. The van der Waals surface area contributed by atoms with Crippen molar-refractivity contribution in [3.8, 4) is 11.5 Å². The van der Waals surface area contributed by atoms with Crippen LogP contribution in [0.5, 0.6) is 11.5 Å². The standard InChI is InChI=1S/C35H54F5O5P/c1-32(2,3)44-46(41,45-33(4,5)6)16-10-8-12-27(35(38,39)40)11-7-9-15-42-28-13-14-29(31(37)30(28)36)43-23-34-20-24-17-25(21-34)19-26(18-24)22-34/h13-14,24-27H,7-12,15-23H2,1-6H3/t24?,25?,26?,27-,34?/m0/s1. The number of ether oxygens (including phenoxy) is 2. The first-order valence-corrected chi connectivity index (χ1v) is 18.8. The van der Waals surface area contributed by atoms with E-state index in [4.69, 9.17) is 18.5 Å². The maximum absolute atomic E-state index is 14.9. The zero-order valence-electron chi connectivity index (χ0n) is 28.4. The largest absolute Gasteiger partial charge is 0.490 e. The van der Waals surface area contributed by atoms with E-state index in [1.807, 2.05) is 0 Å². The van der Waals surface area contributed by atoms with Gasteiger partial charge in [0.15, 0.2) is 11.5 Å². The van der Waals surface area contributed by atoms with Gasteiger partial charge in [0, 0.05) is 5.41 Å². The molecule has 0 radical (unpaired) electrons. The van der Waals surface area contributed by atoms with Crippen molar-refractivity contribution in [3.63, 3.8) is 0 Å². The number of rotatable bonds is 16. The van der Waals surface area contributed by atoms with Crippen LogP contribution in [0.1, 0.15) is 119 Å². The lowest BCUT2D eigenvalue weighted by molar-refractivity contribution is -0.178. The maximum Gasteiger partial charge on any atom is 0.391 e. The second kappa shape index (κ2) is 14.6. The normalized spacial score (nSPS) is 25.6.